The Kier molecular flexibility index (Phi) is 5.03. The Morgan fingerprint density at radius 3 is 3.00 bits per heavy atom. The number of ether oxygens (including phenoxy) is 1. The van der Waals surface area contributed by atoms with Crippen LogP contribution in [0.15, 0.2) is 0 Å². The third-order valence-corrected chi connectivity index (χ3v) is 2.95. The number of nitriles is 1. The van der Waals surface area contributed by atoms with Crippen LogP contribution < -0.4 is 5.73 Å². The second-order valence-electron chi connectivity index (χ2n) is 4.23. The molecular formula is C11H21N3O. The lowest BCUT2D eigenvalue weighted by molar-refractivity contribution is -0.0561. The van der Waals surface area contributed by atoms with Gasteiger partial charge >= 0.3 is 0 Å². The number of nitrogens with two attached hydrogens (primary N) is 1. The van der Waals surface area contributed by atoms with E-state index >= 15 is 0 Å². The lowest BCUT2D eigenvalue weighted by Gasteiger charge is -2.38. The molecule has 0 radical (unpaired) electrons. The van der Waals surface area contributed by atoms with E-state index in [-0.39, 0.29) is 6.04 Å². The van der Waals surface area contributed by atoms with Crippen molar-refractivity contribution in [2.24, 2.45) is 5.73 Å². The second-order valence-corrected chi connectivity index (χ2v) is 4.23. The molecule has 1 rings (SSSR count). The van der Waals surface area contributed by atoms with Crippen molar-refractivity contribution in [3.8, 4) is 6.07 Å². The predicted molar refractivity (Wildman–Crippen MR) is 59.3 cm³/mol. The Labute approximate surface area is 92.0 Å². The first-order valence-electron chi connectivity index (χ1n) is 5.68. The van der Waals surface area contributed by atoms with Crippen molar-refractivity contribution in [1.82, 2.24) is 4.90 Å². The smallest absolute Gasteiger partial charge is 0.0940 e. The van der Waals surface area contributed by atoms with Crippen LogP contribution in [0.3, 0.4) is 0 Å². The van der Waals surface area contributed by atoms with Gasteiger partial charge in [0.2, 0.25) is 0 Å². The largest absolute Gasteiger partial charge is 0.376 e. The molecule has 3 atom stereocenters. The minimum Gasteiger partial charge on any atom is -0.376 e. The predicted octanol–water partition coefficient (Wildman–Crippen LogP) is 0.727. The third-order valence-electron chi connectivity index (χ3n) is 2.95. The summed E-state index contributed by atoms with van der Waals surface area (Å²) in [6.45, 7) is 6.92. The number of morpholine rings is 1. The monoisotopic (exact) mass is 211 g/mol. The molecule has 4 heteroatoms. The van der Waals surface area contributed by atoms with E-state index in [0.717, 1.165) is 32.5 Å². The van der Waals surface area contributed by atoms with Gasteiger partial charge in [0.1, 0.15) is 0 Å². The van der Waals surface area contributed by atoms with E-state index in [1.807, 2.05) is 0 Å². The van der Waals surface area contributed by atoms with E-state index in [2.05, 4.69) is 24.8 Å². The standard InChI is InChI=1S/C11H21N3O/c1-3-11-8-15-9(2)7-14(11)5-4-10(13)6-12/h9-11H,3-5,7-8,13H2,1-2H3. The number of hydrogen-bond acceptors (Lipinski definition) is 4. The van der Waals surface area contributed by atoms with Crippen LogP contribution in [0.5, 0.6) is 0 Å². The minimum atomic E-state index is -0.333. The molecule has 0 saturated carbocycles. The molecule has 0 bridgehead atoms. The lowest BCUT2D eigenvalue weighted by Crippen LogP contribution is -2.49. The molecule has 0 amide bonds. The van der Waals surface area contributed by atoms with E-state index in [4.69, 9.17) is 15.7 Å². The van der Waals surface area contributed by atoms with Gasteiger partial charge in [-0.15, -0.1) is 0 Å². The van der Waals surface area contributed by atoms with Crippen LogP contribution in [0.25, 0.3) is 0 Å². The van der Waals surface area contributed by atoms with Gasteiger partial charge in [0.05, 0.1) is 24.8 Å². The molecule has 0 aliphatic carbocycles. The van der Waals surface area contributed by atoms with E-state index < -0.39 is 0 Å². The molecule has 0 aromatic carbocycles. The molecule has 2 N–H and O–H groups in total. The molecule has 3 unspecified atom stereocenters. The van der Waals surface area contributed by atoms with Crippen LogP contribution in [0.4, 0.5) is 0 Å². The summed E-state index contributed by atoms with van der Waals surface area (Å²) >= 11 is 0. The van der Waals surface area contributed by atoms with Gasteiger partial charge in [0, 0.05) is 19.1 Å². The Balaban J connectivity index is 2.39. The molecule has 1 aliphatic heterocycles. The Hall–Kier alpha value is -0.630. The van der Waals surface area contributed by atoms with Crippen molar-refractivity contribution < 1.29 is 4.74 Å². The molecule has 1 saturated heterocycles. The van der Waals surface area contributed by atoms with Gasteiger partial charge in [-0.25, -0.2) is 0 Å². The highest BCUT2D eigenvalue weighted by molar-refractivity contribution is 4.88. The van der Waals surface area contributed by atoms with Gasteiger partial charge < -0.3 is 10.5 Å². The Morgan fingerprint density at radius 1 is 1.67 bits per heavy atom. The maximum atomic E-state index is 8.62. The average Bonchev–Trinajstić information content (AvgIpc) is 2.26. The van der Waals surface area contributed by atoms with Crippen molar-refractivity contribution in [1.29, 1.82) is 5.26 Å². The molecular weight excluding hydrogens is 190 g/mol. The molecule has 1 aliphatic rings. The van der Waals surface area contributed by atoms with Crippen molar-refractivity contribution >= 4 is 0 Å². The number of rotatable bonds is 4. The molecule has 4 nitrogen and oxygen atoms in total. The third kappa shape index (κ3) is 3.78. The summed E-state index contributed by atoms with van der Waals surface area (Å²) in [5.41, 5.74) is 5.59. The number of nitrogens with zero attached hydrogens (tertiary/aromatic N) is 2. The second kappa shape index (κ2) is 6.06. The Morgan fingerprint density at radius 2 is 2.40 bits per heavy atom. The van der Waals surface area contributed by atoms with Crippen LogP contribution in [-0.4, -0.2) is 42.8 Å². The fourth-order valence-electron chi connectivity index (χ4n) is 1.93. The number of hydrogen-bond donors (Lipinski definition) is 1. The highest BCUT2D eigenvalue weighted by Crippen LogP contribution is 2.14. The normalized spacial score (nSPS) is 29.7. The zero-order valence-corrected chi connectivity index (χ0v) is 9.65. The quantitative estimate of drug-likeness (QED) is 0.744. The topological polar surface area (TPSA) is 62.3 Å². The first-order valence-corrected chi connectivity index (χ1v) is 5.68. The summed E-state index contributed by atoms with van der Waals surface area (Å²) in [4.78, 5) is 2.39. The zero-order valence-electron chi connectivity index (χ0n) is 9.65. The van der Waals surface area contributed by atoms with Gasteiger partial charge in [0.15, 0.2) is 0 Å². The molecule has 1 heterocycles. The van der Waals surface area contributed by atoms with Gasteiger partial charge in [-0.3, -0.25) is 4.90 Å². The summed E-state index contributed by atoms with van der Waals surface area (Å²) in [7, 11) is 0. The average molecular weight is 211 g/mol. The highest BCUT2D eigenvalue weighted by Gasteiger charge is 2.25. The zero-order chi connectivity index (χ0) is 11.3. The summed E-state index contributed by atoms with van der Waals surface area (Å²) in [5, 5.41) is 8.62. The van der Waals surface area contributed by atoms with Crippen molar-refractivity contribution in [3.05, 3.63) is 0 Å². The van der Waals surface area contributed by atoms with E-state index in [0.29, 0.717) is 12.1 Å². The van der Waals surface area contributed by atoms with Crippen molar-refractivity contribution in [2.75, 3.05) is 19.7 Å². The molecule has 0 spiro atoms. The fourth-order valence-corrected chi connectivity index (χ4v) is 1.93. The molecule has 1 fully saturated rings. The van der Waals surface area contributed by atoms with Crippen LogP contribution in [0.1, 0.15) is 26.7 Å². The van der Waals surface area contributed by atoms with Crippen LogP contribution >= 0.6 is 0 Å². The van der Waals surface area contributed by atoms with Gasteiger partial charge in [-0.1, -0.05) is 6.92 Å². The van der Waals surface area contributed by atoms with E-state index in [1.165, 1.54) is 0 Å². The van der Waals surface area contributed by atoms with Gasteiger partial charge in [0.25, 0.3) is 0 Å². The van der Waals surface area contributed by atoms with Crippen LogP contribution in [0, 0.1) is 11.3 Å². The maximum Gasteiger partial charge on any atom is 0.0940 e. The summed E-state index contributed by atoms with van der Waals surface area (Å²) in [6, 6.07) is 2.23. The maximum absolute atomic E-state index is 8.62. The first-order chi connectivity index (χ1) is 7.17. The summed E-state index contributed by atoms with van der Waals surface area (Å²) in [6.07, 6.45) is 2.14. The van der Waals surface area contributed by atoms with Crippen LogP contribution in [0.2, 0.25) is 0 Å². The summed E-state index contributed by atoms with van der Waals surface area (Å²) < 4.78 is 5.61. The highest BCUT2D eigenvalue weighted by atomic mass is 16.5. The van der Waals surface area contributed by atoms with Crippen molar-refractivity contribution in [2.45, 2.75) is 44.9 Å². The van der Waals surface area contributed by atoms with Gasteiger partial charge in [-0.05, 0) is 19.8 Å². The summed E-state index contributed by atoms with van der Waals surface area (Å²) in [5.74, 6) is 0. The van der Waals surface area contributed by atoms with Gasteiger partial charge in [-0.2, -0.15) is 5.26 Å². The molecule has 0 aromatic heterocycles. The lowest BCUT2D eigenvalue weighted by atomic mass is 10.1. The molecule has 15 heavy (non-hydrogen) atoms. The van der Waals surface area contributed by atoms with Crippen molar-refractivity contribution in [3.63, 3.8) is 0 Å². The first kappa shape index (κ1) is 12.4. The fraction of sp³-hybridized carbons (Fsp3) is 0.909. The minimum absolute atomic E-state index is 0.297. The SMILES string of the molecule is CCC1COC(C)CN1CCC(N)C#N. The Bertz CT molecular complexity index is 226. The molecule has 0 aromatic rings. The van der Waals surface area contributed by atoms with E-state index in [9.17, 15) is 0 Å². The van der Waals surface area contributed by atoms with E-state index in [1.54, 1.807) is 0 Å². The van der Waals surface area contributed by atoms with Crippen LogP contribution in [-0.2, 0) is 4.74 Å². The molecule has 86 valence electrons.